The van der Waals surface area contributed by atoms with Gasteiger partial charge in [-0.15, -0.1) is 0 Å². The number of aliphatic carboxylic acids is 3. The zero-order valence-electron chi connectivity index (χ0n) is 14.9. The summed E-state index contributed by atoms with van der Waals surface area (Å²) in [6.07, 6.45) is -1.70. The molecule has 13 heteroatoms. The quantitative estimate of drug-likeness (QED) is 0.169. The van der Waals surface area contributed by atoms with Crippen LogP contribution in [0.5, 0.6) is 0 Å². The number of ketones is 6. The predicted molar refractivity (Wildman–Crippen MR) is 75.9 cm³/mol. The van der Waals surface area contributed by atoms with Crippen LogP contribution >= 0.6 is 0 Å². The smallest absolute Gasteiger partial charge is 0.542 e. The van der Waals surface area contributed by atoms with Gasteiger partial charge in [0.15, 0.2) is 17.3 Å². The minimum atomic E-state index is -1.80. The van der Waals surface area contributed by atoms with Crippen LogP contribution in [0, 0.1) is 0 Å². The summed E-state index contributed by atoms with van der Waals surface area (Å²) >= 11 is 0. The zero-order chi connectivity index (χ0) is 22.3. The third-order valence-electron chi connectivity index (χ3n) is 1.91. The van der Waals surface area contributed by atoms with E-state index in [4.69, 9.17) is 0 Å². The molecule has 155 valence electrons. The van der Waals surface area contributed by atoms with Gasteiger partial charge in [-0.25, -0.2) is 0 Å². The van der Waals surface area contributed by atoms with Crippen LogP contribution in [-0.2, 0) is 62.6 Å². The van der Waals surface area contributed by atoms with Crippen LogP contribution in [0.2, 0.25) is 0 Å². The van der Waals surface area contributed by atoms with Crippen LogP contribution in [-0.4, -0.2) is 52.6 Å². The average molecular weight is 488 g/mol. The molecule has 0 atom stereocenters. The fraction of sp³-hybridized carbons (Fsp3) is 0.400. The maximum atomic E-state index is 10.1. The topological polar surface area (TPSA) is 223 Å². The summed E-state index contributed by atoms with van der Waals surface area (Å²) in [6, 6.07) is 0. The molecule has 0 aliphatic heterocycles. The summed E-state index contributed by atoms with van der Waals surface area (Å²) in [4.78, 5) is 89.2. The SMILES string of the molecule is CC(=O)CC(=O)C(=O)[O-].CC(=O)CC(=O)C(=O)[O-].CC(=O)CC(=O)C(=O)[O-].[Ru+3]. The normalized spacial score (nSPS) is 8.25. The Hall–Kier alpha value is -2.95. The molecule has 0 amide bonds. The molecule has 0 fully saturated rings. The molecule has 0 aliphatic carbocycles. The van der Waals surface area contributed by atoms with Crippen LogP contribution < -0.4 is 15.3 Å². The summed E-state index contributed by atoms with van der Waals surface area (Å²) in [5.41, 5.74) is 0. The van der Waals surface area contributed by atoms with Crippen molar-refractivity contribution in [2.45, 2.75) is 40.0 Å². The monoisotopic (exact) mass is 489 g/mol. The Bertz CT molecular complexity index is 572. The van der Waals surface area contributed by atoms with E-state index in [9.17, 15) is 58.5 Å². The molecular formula is C15H15O12Ru. The third kappa shape index (κ3) is 25.3. The fourth-order valence-corrected chi connectivity index (χ4v) is 0.895. The number of hydrogen-bond acceptors (Lipinski definition) is 12. The molecule has 0 spiro atoms. The molecule has 0 saturated heterocycles. The largest absolute Gasteiger partial charge is 3.00 e. The van der Waals surface area contributed by atoms with E-state index >= 15 is 0 Å². The van der Waals surface area contributed by atoms with Crippen molar-refractivity contribution in [3.63, 3.8) is 0 Å². The van der Waals surface area contributed by atoms with Gasteiger partial charge in [0, 0.05) is 0 Å². The van der Waals surface area contributed by atoms with E-state index < -0.39 is 71.9 Å². The molecule has 0 heterocycles. The van der Waals surface area contributed by atoms with Crippen LogP contribution in [0.1, 0.15) is 40.0 Å². The molecule has 0 unspecified atom stereocenters. The van der Waals surface area contributed by atoms with Crippen LogP contribution in [0.15, 0.2) is 0 Å². The summed E-state index contributed by atoms with van der Waals surface area (Å²) in [5.74, 6) is -10.3. The van der Waals surface area contributed by atoms with E-state index in [1.165, 1.54) is 0 Å². The summed E-state index contributed by atoms with van der Waals surface area (Å²) in [5, 5.41) is 28.9. The summed E-state index contributed by atoms with van der Waals surface area (Å²) in [6.45, 7) is 3.42. The summed E-state index contributed by atoms with van der Waals surface area (Å²) < 4.78 is 0. The second-order valence-electron chi connectivity index (χ2n) is 4.77. The van der Waals surface area contributed by atoms with Crippen molar-refractivity contribution < 1.29 is 77.9 Å². The van der Waals surface area contributed by atoms with Gasteiger partial charge < -0.3 is 29.7 Å². The molecule has 0 rings (SSSR count). The van der Waals surface area contributed by atoms with E-state index in [0.717, 1.165) is 20.8 Å². The van der Waals surface area contributed by atoms with E-state index in [1.807, 2.05) is 0 Å². The molecule has 28 heavy (non-hydrogen) atoms. The van der Waals surface area contributed by atoms with Gasteiger partial charge in [-0.1, -0.05) is 0 Å². The molecule has 0 aliphatic rings. The summed E-state index contributed by atoms with van der Waals surface area (Å²) in [7, 11) is 0. The number of carbonyl (C=O) groups excluding carboxylic acids is 9. The van der Waals surface area contributed by atoms with E-state index in [1.54, 1.807) is 0 Å². The molecule has 0 bridgehead atoms. The Morgan fingerprint density at radius 3 is 0.643 bits per heavy atom. The Morgan fingerprint density at radius 2 is 0.607 bits per heavy atom. The molecule has 12 nitrogen and oxygen atoms in total. The Kier molecular flexibility index (Phi) is 20.4. The van der Waals surface area contributed by atoms with Crippen molar-refractivity contribution in [2.24, 2.45) is 0 Å². The molecule has 0 N–H and O–H groups in total. The second-order valence-corrected chi connectivity index (χ2v) is 4.77. The first-order chi connectivity index (χ1) is 12.1. The van der Waals surface area contributed by atoms with Crippen molar-refractivity contribution in [1.82, 2.24) is 0 Å². The molecule has 1 radical (unpaired) electrons. The van der Waals surface area contributed by atoms with Crippen molar-refractivity contribution in [1.29, 1.82) is 0 Å². The maximum absolute atomic E-state index is 10.1. The zero-order valence-corrected chi connectivity index (χ0v) is 16.6. The van der Waals surface area contributed by atoms with Gasteiger partial charge in [0.2, 0.25) is 0 Å². The Labute approximate surface area is 171 Å². The Morgan fingerprint density at radius 1 is 0.464 bits per heavy atom. The van der Waals surface area contributed by atoms with E-state index in [-0.39, 0.29) is 19.5 Å². The third-order valence-corrected chi connectivity index (χ3v) is 1.91. The van der Waals surface area contributed by atoms with Gasteiger partial charge in [-0.2, -0.15) is 0 Å². The minimum absolute atomic E-state index is 0. The fourth-order valence-electron chi connectivity index (χ4n) is 0.895. The van der Waals surface area contributed by atoms with E-state index in [2.05, 4.69) is 0 Å². The average Bonchev–Trinajstić information content (AvgIpc) is 2.46. The molecular weight excluding hydrogens is 473 g/mol. The Balaban J connectivity index is -0.000000152. The first-order valence-corrected chi connectivity index (χ1v) is 6.82. The number of hydrogen-bond donors (Lipinski definition) is 0. The van der Waals surface area contributed by atoms with Crippen molar-refractivity contribution in [2.75, 3.05) is 0 Å². The number of rotatable bonds is 9. The van der Waals surface area contributed by atoms with Crippen LogP contribution in [0.25, 0.3) is 0 Å². The number of carboxylic acid groups (broad SMARTS) is 3. The van der Waals surface area contributed by atoms with Crippen LogP contribution in [0.3, 0.4) is 0 Å². The first-order valence-electron chi connectivity index (χ1n) is 6.82. The van der Waals surface area contributed by atoms with Crippen molar-refractivity contribution in [3.05, 3.63) is 0 Å². The molecule has 0 aromatic rings. The first kappa shape index (κ1) is 32.7. The van der Waals surface area contributed by atoms with Crippen molar-refractivity contribution in [3.8, 4) is 0 Å². The van der Waals surface area contributed by atoms with E-state index in [0.29, 0.717) is 0 Å². The van der Waals surface area contributed by atoms with Crippen LogP contribution in [0.4, 0.5) is 0 Å². The molecule has 0 aromatic carbocycles. The van der Waals surface area contributed by atoms with Crippen molar-refractivity contribution >= 4 is 52.6 Å². The second kappa shape index (κ2) is 17.5. The van der Waals surface area contributed by atoms with Gasteiger partial charge in [-0.3, -0.25) is 28.8 Å². The number of carboxylic acids is 3. The minimum Gasteiger partial charge on any atom is -0.542 e. The number of Topliss-reactive ketones (excluding diaryl/α,β-unsaturated/α-hetero) is 6. The standard InChI is InChI=1S/3C5H6O4.Ru/c3*1-3(6)2-4(7)5(8)9;/h3*2H2,1H3,(H,8,9);/q;;;+3/p-3. The molecule has 0 aromatic heterocycles. The molecule has 0 saturated carbocycles. The van der Waals surface area contributed by atoms with Gasteiger partial charge in [0.1, 0.15) is 35.3 Å². The van der Waals surface area contributed by atoms with Gasteiger partial charge >= 0.3 is 19.5 Å². The predicted octanol–water partition coefficient (Wildman–Crippen LogP) is -5.15. The van der Waals surface area contributed by atoms with Gasteiger partial charge in [0.25, 0.3) is 0 Å². The van der Waals surface area contributed by atoms with Gasteiger partial charge in [-0.05, 0) is 20.8 Å². The van der Waals surface area contributed by atoms with Gasteiger partial charge in [0.05, 0.1) is 19.3 Å². The maximum Gasteiger partial charge on any atom is 3.00 e. The number of carbonyl (C=O) groups is 9.